The second-order valence-corrected chi connectivity index (χ2v) is 4.16. The molecule has 1 saturated carbocycles. The van der Waals surface area contributed by atoms with Gasteiger partial charge in [0.2, 0.25) is 0 Å². The molecule has 1 nitrogen and oxygen atoms in total. The van der Waals surface area contributed by atoms with Gasteiger partial charge in [-0.2, -0.15) is 0 Å². The standard InChI is InChI=1S/C10H11NS/c1-3-7(2)9-6-12-10(11-9)8-4-5-8/h1,6-8H,4-5H2,2H3. The smallest absolute Gasteiger partial charge is 0.0959 e. The van der Waals surface area contributed by atoms with Crippen molar-refractivity contribution in [2.75, 3.05) is 0 Å². The second kappa shape index (κ2) is 2.91. The fourth-order valence-electron chi connectivity index (χ4n) is 1.10. The van der Waals surface area contributed by atoms with Gasteiger partial charge in [0.1, 0.15) is 0 Å². The molecular weight excluding hydrogens is 166 g/mol. The zero-order valence-corrected chi connectivity index (χ0v) is 7.90. The van der Waals surface area contributed by atoms with E-state index in [2.05, 4.69) is 16.3 Å². The van der Waals surface area contributed by atoms with Gasteiger partial charge in [0.15, 0.2) is 0 Å². The van der Waals surface area contributed by atoms with E-state index in [1.807, 2.05) is 6.92 Å². The molecule has 1 aliphatic carbocycles. The van der Waals surface area contributed by atoms with Crippen LogP contribution in [0.15, 0.2) is 5.38 Å². The molecule has 1 fully saturated rings. The van der Waals surface area contributed by atoms with Gasteiger partial charge in [0.25, 0.3) is 0 Å². The third-order valence-electron chi connectivity index (χ3n) is 2.16. The maximum absolute atomic E-state index is 5.32. The molecular formula is C10H11NS. The fraction of sp³-hybridized carbons (Fsp3) is 0.500. The molecule has 62 valence electrons. The first kappa shape index (κ1) is 7.82. The van der Waals surface area contributed by atoms with Crippen molar-refractivity contribution in [3.63, 3.8) is 0 Å². The van der Waals surface area contributed by atoms with E-state index in [0.717, 1.165) is 11.6 Å². The summed E-state index contributed by atoms with van der Waals surface area (Å²) in [5.41, 5.74) is 1.07. The molecule has 2 heteroatoms. The number of hydrogen-bond acceptors (Lipinski definition) is 2. The van der Waals surface area contributed by atoms with Gasteiger partial charge in [-0.1, -0.05) is 5.92 Å². The van der Waals surface area contributed by atoms with Gasteiger partial charge in [0.05, 0.1) is 16.6 Å². The van der Waals surface area contributed by atoms with Crippen LogP contribution >= 0.6 is 11.3 Å². The molecule has 0 aliphatic heterocycles. The molecule has 0 radical (unpaired) electrons. The lowest BCUT2D eigenvalue weighted by Gasteiger charge is -1.95. The van der Waals surface area contributed by atoms with Crippen molar-refractivity contribution in [1.82, 2.24) is 4.98 Å². The Morgan fingerprint density at radius 3 is 3.08 bits per heavy atom. The number of rotatable bonds is 2. The first-order valence-electron chi connectivity index (χ1n) is 4.22. The third-order valence-corrected chi connectivity index (χ3v) is 3.19. The topological polar surface area (TPSA) is 12.9 Å². The van der Waals surface area contributed by atoms with Gasteiger partial charge < -0.3 is 0 Å². The van der Waals surface area contributed by atoms with E-state index in [1.54, 1.807) is 11.3 Å². The average Bonchev–Trinajstić information content (AvgIpc) is 2.83. The van der Waals surface area contributed by atoms with Gasteiger partial charge >= 0.3 is 0 Å². The molecule has 1 aromatic rings. The van der Waals surface area contributed by atoms with E-state index in [1.165, 1.54) is 17.8 Å². The van der Waals surface area contributed by atoms with Crippen LogP contribution in [0.4, 0.5) is 0 Å². The van der Waals surface area contributed by atoms with E-state index in [0.29, 0.717) is 0 Å². The summed E-state index contributed by atoms with van der Waals surface area (Å²) in [6.45, 7) is 2.02. The van der Waals surface area contributed by atoms with Crippen molar-refractivity contribution in [2.45, 2.75) is 31.6 Å². The Balaban J connectivity index is 2.18. The van der Waals surface area contributed by atoms with Crippen LogP contribution in [0.25, 0.3) is 0 Å². The van der Waals surface area contributed by atoms with Crippen LogP contribution in [0.1, 0.15) is 42.3 Å². The molecule has 1 unspecified atom stereocenters. The summed E-state index contributed by atoms with van der Waals surface area (Å²) in [6, 6.07) is 0. The maximum atomic E-state index is 5.32. The molecule has 1 heterocycles. The normalized spacial score (nSPS) is 18.7. The van der Waals surface area contributed by atoms with Crippen LogP contribution in [0, 0.1) is 12.3 Å². The Bertz CT molecular complexity index is 317. The molecule has 1 atom stereocenters. The molecule has 0 saturated heterocycles. The number of aromatic nitrogens is 1. The molecule has 1 aromatic heterocycles. The highest BCUT2D eigenvalue weighted by atomic mass is 32.1. The lowest BCUT2D eigenvalue weighted by Crippen LogP contribution is -1.89. The first-order chi connectivity index (χ1) is 5.81. The van der Waals surface area contributed by atoms with Gasteiger partial charge in [-0.15, -0.1) is 17.8 Å². The second-order valence-electron chi connectivity index (χ2n) is 3.27. The zero-order chi connectivity index (χ0) is 8.55. The summed E-state index contributed by atoms with van der Waals surface area (Å²) in [4.78, 5) is 4.52. The van der Waals surface area contributed by atoms with Crippen LogP contribution < -0.4 is 0 Å². The minimum Gasteiger partial charge on any atom is -0.245 e. The minimum absolute atomic E-state index is 0.175. The van der Waals surface area contributed by atoms with Gasteiger partial charge in [-0.05, 0) is 19.8 Å². The Morgan fingerprint density at radius 2 is 2.50 bits per heavy atom. The van der Waals surface area contributed by atoms with Crippen molar-refractivity contribution in [3.05, 3.63) is 16.1 Å². The molecule has 0 aromatic carbocycles. The van der Waals surface area contributed by atoms with E-state index >= 15 is 0 Å². The predicted molar refractivity (Wildman–Crippen MR) is 51.3 cm³/mol. The van der Waals surface area contributed by atoms with Crippen LogP contribution in [0.3, 0.4) is 0 Å². The summed E-state index contributed by atoms with van der Waals surface area (Å²) in [6.07, 6.45) is 7.95. The number of hydrogen-bond donors (Lipinski definition) is 0. The molecule has 12 heavy (non-hydrogen) atoms. The Labute approximate surface area is 76.8 Å². The Kier molecular flexibility index (Phi) is 1.90. The van der Waals surface area contributed by atoms with E-state index in [9.17, 15) is 0 Å². The number of nitrogens with zero attached hydrogens (tertiary/aromatic N) is 1. The van der Waals surface area contributed by atoms with E-state index in [4.69, 9.17) is 6.42 Å². The predicted octanol–water partition coefficient (Wildman–Crippen LogP) is 2.76. The van der Waals surface area contributed by atoms with Crippen molar-refractivity contribution >= 4 is 11.3 Å². The number of thiazole rings is 1. The fourth-order valence-corrected chi connectivity index (χ4v) is 2.19. The molecule has 2 rings (SSSR count). The Morgan fingerprint density at radius 1 is 1.75 bits per heavy atom. The third kappa shape index (κ3) is 1.37. The van der Waals surface area contributed by atoms with Crippen LogP contribution in [0.5, 0.6) is 0 Å². The lowest BCUT2D eigenvalue weighted by atomic mass is 10.1. The van der Waals surface area contributed by atoms with Crippen molar-refractivity contribution in [2.24, 2.45) is 0 Å². The Hall–Kier alpha value is -0.810. The van der Waals surface area contributed by atoms with Crippen LogP contribution in [-0.4, -0.2) is 4.98 Å². The molecule has 0 amide bonds. The van der Waals surface area contributed by atoms with Gasteiger partial charge in [-0.25, -0.2) is 4.98 Å². The molecule has 0 N–H and O–H groups in total. The first-order valence-corrected chi connectivity index (χ1v) is 5.10. The van der Waals surface area contributed by atoms with Gasteiger partial charge in [0, 0.05) is 11.3 Å². The highest BCUT2D eigenvalue weighted by molar-refractivity contribution is 7.09. The monoisotopic (exact) mass is 177 g/mol. The summed E-state index contributed by atoms with van der Waals surface area (Å²) >= 11 is 1.76. The van der Waals surface area contributed by atoms with Crippen molar-refractivity contribution < 1.29 is 0 Å². The summed E-state index contributed by atoms with van der Waals surface area (Å²) < 4.78 is 0. The molecule has 0 bridgehead atoms. The van der Waals surface area contributed by atoms with Crippen LogP contribution in [-0.2, 0) is 0 Å². The maximum Gasteiger partial charge on any atom is 0.0959 e. The molecule has 1 aliphatic rings. The highest BCUT2D eigenvalue weighted by Gasteiger charge is 2.26. The summed E-state index contributed by atoms with van der Waals surface area (Å²) in [5.74, 6) is 3.63. The largest absolute Gasteiger partial charge is 0.245 e. The molecule has 0 spiro atoms. The SMILES string of the molecule is C#CC(C)c1csc(C2CC2)n1. The summed E-state index contributed by atoms with van der Waals surface area (Å²) in [5, 5.41) is 3.38. The van der Waals surface area contributed by atoms with E-state index in [-0.39, 0.29) is 5.92 Å². The zero-order valence-electron chi connectivity index (χ0n) is 7.08. The van der Waals surface area contributed by atoms with Gasteiger partial charge in [-0.3, -0.25) is 0 Å². The number of terminal acetylenes is 1. The minimum atomic E-state index is 0.175. The van der Waals surface area contributed by atoms with E-state index < -0.39 is 0 Å². The quantitative estimate of drug-likeness (QED) is 0.633. The highest BCUT2D eigenvalue weighted by Crippen LogP contribution is 2.41. The summed E-state index contributed by atoms with van der Waals surface area (Å²) in [7, 11) is 0. The van der Waals surface area contributed by atoms with Crippen LogP contribution in [0.2, 0.25) is 0 Å². The van der Waals surface area contributed by atoms with Crippen molar-refractivity contribution in [3.8, 4) is 12.3 Å². The van der Waals surface area contributed by atoms with Crippen molar-refractivity contribution in [1.29, 1.82) is 0 Å². The lowest BCUT2D eigenvalue weighted by molar-refractivity contribution is 0.926. The average molecular weight is 177 g/mol.